The fourth-order valence-electron chi connectivity index (χ4n) is 2.89. The van der Waals surface area contributed by atoms with E-state index in [4.69, 9.17) is 5.73 Å². The van der Waals surface area contributed by atoms with Crippen LogP contribution in [-0.4, -0.2) is 48.6 Å². The molecule has 1 aromatic rings. The Balaban J connectivity index is 1.82. The molecule has 0 aliphatic carbocycles. The fraction of sp³-hybridized carbons (Fsp3) is 0.714. The summed E-state index contributed by atoms with van der Waals surface area (Å²) in [5.41, 5.74) is 6.26. The lowest BCUT2D eigenvalue weighted by Crippen LogP contribution is -2.38. The van der Waals surface area contributed by atoms with Gasteiger partial charge in [-0.15, -0.1) is 11.3 Å². The van der Waals surface area contributed by atoms with Gasteiger partial charge in [0.1, 0.15) is 0 Å². The van der Waals surface area contributed by atoms with Crippen LogP contribution >= 0.6 is 11.3 Å². The van der Waals surface area contributed by atoms with Crippen molar-refractivity contribution in [2.45, 2.75) is 32.4 Å². The van der Waals surface area contributed by atoms with E-state index in [1.165, 1.54) is 24.4 Å². The maximum atomic E-state index is 6.26. The van der Waals surface area contributed by atoms with Crippen LogP contribution < -0.4 is 5.73 Å². The first-order valence-corrected chi connectivity index (χ1v) is 7.88. The van der Waals surface area contributed by atoms with Crippen LogP contribution in [0.3, 0.4) is 0 Å². The predicted molar refractivity (Wildman–Crippen MR) is 79.0 cm³/mol. The maximum Gasteiger partial charge on any atom is 0.0519 e. The van der Waals surface area contributed by atoms with E-state index in [0.717, 1.165) is 25.7 Å². The number of likely N-dealkylation sites (tertiary alicyclic amines) is 1. The molecule has 0 radical (unpaired) electrons. The van der Waals surface area contributed by atoms with Crippen molar-refractivity contribution in [2.24, 2.45) is 5.73 Å². The molecule has 2 rings (SSSR count). The summed E-state index contributed by atoms with van der Waals surface area (Å²) in [5.74, 6) is 0. The van der Waals surface area contributed by atoms with Gasteiger partial charge in [0.2, 0.25) is 0 Å². The van der Waals surface area contributed by atoms with Gasteiger partial charge >= 0.3 is 0 Å². The number of nitrogens with two attached hydrogens (primary N) is 1. The molecule has 2 heterocycles. The number of hydrogen-bond donors (Lipinski definition) is 1. The first-order valence-electron chi connectivity index (χ1n) is 7.00. The van der Waals surface area contributed by atoms with E-state index in [2.05, 4.69) is 41.2 Å². The number of likely N-dealkylation sites (N-methyl/N-ethyl adjacent to an activating group) is 1. The van der Waals surface area contributed by atoms with Crippen molar-refractivity contribution in [2.75, 3.05) is 32.7 Å². The van der Waals surface area contributed by atoms with Gasteiger partial charge in [-0.2, -0.15) is 0 Å². The Bertz CT molecular complexity index is 335. The summed E-state index contributed by atoms with van der Waals surface area (Å²) in [6.45, 7) is 10.2. The molecule has 2 unspecified atom stereocenters. The highest BCUT2D eigenvalue weighted by Crippen LogP contribution is 2.21. The second-order valence-corrected chi connectivity index (χ2v) is 6.02. The molecule has 3 nitrogen and oxygen atoms in total. The van der Waals surface area contributed by atoms with Crippen molar-refractivity contribution in [1.82, 2.24) is 9.80 Å². The molecule has 0 aromatic carbocycles. The average molecular weight is 267 g/mol. The number of thiophene rings is 1. The van der Waals surface area contributed by atoms with Crippen molar-refractivity contribution < 1.29 is 0 Å². The molecule has 102 valence electrons. The first-order chi connectivity index (χ1) is 8.74. The highest BCUT2D eigenvalue weighted by atomic mass is 32.1. The molecule has 0 spiro atoms. The normalized spacial score (nSPS) is 22.8. The summed E-state index contributed by atoms with van der Waals surface area (Å²) < 4.78 is 0. The lowest BCUT2D eigenvalue weighted by atomic mass is 10.2. The fourth-order valence-corrected chi connectivity index (χ4v) is 3.61. The smallest absolute Gasteiger partial charge is 0.0519 e. The summed E-state index contributed by atoms with van der Waals surface area (Å²) in [6, 6.07) is 5.14. The minimum atomic E-state index is 0.181. The Hall–Kier alpha value is -0.420. The van der Waals surface area contributed by atoms with Crippen LogP contribution in [0.5, 0.6) is 0 Å². The lowest BCUT2D eigenvalue weighted by Gasteiger charge is -2.26. The Morgan fingerprint density at radius 3 is 2.89 bits per heavy atom. The molecule has 1 fully saturated rings. The maximum absolute atomic E-state index is 6.26. The van der Waals surface area contributed by atoms with Gasteiger partial charge in [0, 0.05) is 24.0 Å². The Morgan fingerprint density at radius 1 is 1.50 bits per heavy atom. The molecule has 0 bridgehead atoms. The second kappa shape index (κ2) is 6.66. The highest BCUT2D eigenvalue weighted by molar-refractivity contribution is 7.10. The van der Waals surface area contributed by atoms with Gasteiger partial charge in [-0.25, -0.2) is 0 Å². The molecular formula is C14H25N3S. The van der Waals surface area contributed by atoms with Crippen molar-refractivity contribution in [3.63, 3.8) is 0 Å². The van der Waals surface area contributed by atoms with E-state index in [-0.39, 0.29) is 6.04 Å². The third-order valence-electron chi connectivity index (χ3n) is 3.94. The van der Waals surface area contributed by atoms with Gasteiger partial charge in [0.25, 0.3) is 0 Å². The molecule has 1 aliphatic rings. The summed E-state index contributed by atoms with van der Waals surface area (Å²) in [4.78, 5) is 6.39. The molecule has 4 heteroatoms. The van der Waals surface area contributed by atoms with Gasteiger partial charge in [0.05, 0.1) is 6.04 Å². The van der Waals surface area contributed by atoms with Crippen LogP contribution in [0, 0.1) is 0 Å². The molecule has 2 N–H and O–H groups in total. The van der Waals surface area contributed by atoms with Gasteiger partial charge in [-0.1, -0.05) is 19.9 Å². The standard InChI is InChI=1S/C14H25N3S/c1-3-17(4-2)12-7-8-16(10-12)11-13(15)14-6-5-9-18-14/h5-6,9,12-13H,3-4,7-8,10-11,15H2,1-2H3. The molecular weight excluding hydrogens is 242 g/mol. The molecule has 2 atom stereocenters. The summed E-state index contributed by atoms with van der Waals surface area (Å²) in [6.07, 6.45) is 1.29. The summed E-state index contributed by atoms with van der Waals surface area (Å²) in [7, 11) is 0. The van der Waals surface area contributed by atoms with E-state index in [1.807, 2.05) is 0 Å². The van der Waals surface area contributed by atoms with Gasteiger partial charge in [-0.05, 0) is 37.5 Å². The molecule has 1 aromatic heterocycles. The van der Waals surface area contributed by atoms with E-state index < -0.39 is 0 Å². The molecule has 0 amide bonds. The monoisotopic (exact) mass is 267 g/mol. The van der Waals surface area contributed by atoms with Crippen LogP contribution in [-0.2, 0) is 0 Å². The van der Waals surface area contributed by atoms with Gasteiger partial charge < -0.3 is 5.73 Å². The van der Waals surface area contributed by atoms with E-state index in [9.17, 15) is 0 Å². The van der Waals surface area contributed by atoms with Crippen molar-refractivity contribution in [3.8, 4) is 0 Å². The topological polar surface area (TPSA) is 32.5 Å². The lowest BCUT2D eigenvalue weighted by molar-refractivity contribution is 0.208. The molecule has 1 saturated heterocycles. The average Bonchev–Trinajstić information content (AvgIpc) is 3.01. The number of hydrogen-bond acceptors (Lipinski definition) is 4. The number of nitrogens with zero attached hydrogens (tertiary/aromatic N) is 2. The highest BCUT2D eigenvalue weighted by Gasteiger charge is 2.27. The zero-order valence-corrected chi connectivity index (χ0v) is 12.3. The zero-order valence-electron chi connectivity index (χ0n) is 11.5. The van der Waals surface area contributed by atoms with E-state index in [1.54, 1.807) is 11.3 Å². The Kier molecular flexibility index (Phi) is 5.18. The van der Waals surface area contributed by atoms with Gasteiger partial charge in [-0.3, -0.25) is 9.80 Å². The van der Waals surface area contributed by atoms with Crippen LogP contribution in [0.4, 0.5) is 0 Å². The van der Waals surface area contributed by atoms with Crippen LogP contribution in [0.15, 0.2) is 17.5 Å². The Labute approximate surface area is 115 Å². The molecule has 0 saturated carbocycles. The first kappa shape index (κ1) is 14.0. The van der Waals surface area contributed by atoms with Crippen LogP contribution in [0.2, 0.25) is 0 Å². The van der Waals surface area contributed by atoms with Crippen LogP contribution in [0.1, 0.15) is 31.2 Å². The minimum absolute atomic E-state index is 0.181. The predicted octanol–water partition coefficient (Wildman–Crippen LogP) is 2.16. The summed E-state index contributed by atoms with van der Waals surface area (Å²) >= 11 is 1.77. The van der Waals surface area contributed by atoms with Crippen molar-refractivity contribution in [3.05, 3.63) is 22.4 Å². The van der Waals surface area contributed by atoms with Crippen molar-refractivity contribution in [1.29, 1.82) is 0 Å². The number of rotatable bonds is 6. The minimum Gasteiger partial charge on any atom is -0.322 e. The van der Waals surface area contributed by atoms with Crippen molar-refractivity contribution >= 4 is 11.3 Å². The van der Waals surface area contributed by atoms with Gasteiger partial charge in [0.15, 0.2) is 0 Å². The van der Waals surface area contributed by atoms with E-state index in [0.29, 0.717) is 0 Å². The third-order valence-corrected chi connectivity index (χ3v) is 4.94. The quantitative estimate of drug-likeness (QED) is 0.857. The summed E-state index contributed by atoms with van der Waals surface area (Å²) in [5, 5.41) is 2.11. The van der Waals surface area contributed by atoms with E-state index >= 15 is 0 Å². The zero-order chi connectivity index (χ0) is 13.0. The van der Waals surface area contributed by atoms with Crippen LogP contribution in [0.25, 0.3) is 0 Å². The second-order valence-electron chi connectivity index (χ2n) is 5.05. The molecule has 1 aliphatic heterocycles. The third kappa shape index (κ3) is 3.32. The largest absolute Gasteiger partial charge is 0.322 e. The Morgan fingerprint density at radius 2 is 2.28 bits per heavy atom. The molecule has 18 heavy (non-hydrogen) atoms. The SMILES string of the molecule is CCN(CC)C1CCN(CC(N)c2cccs2)C1.